The summed E-state index contributed by atoms with van der Waals surface area (Å²) in [6, 6.07) is 9.21. The van der Waals surface area contributed by atoms with E-state index in [1.807, 2.05) is 18.2 Å². The van der Waals surface area contributed by atoms with Crippen molar-refractivity contribution in [2.75, 3.05) is 20.1 Å². The average molecular weight is 312 g/mol. The zero-order valence-electron chi connectivity index (χ0n) is 13.0. The van der Waals surface area contributed by atoms with Gasteiger partial charge in [-0.15, -0.1) is 0 Å². The first-order valence-electron chi connectivity index (χ1n) is 7.32. The van der Waals surface area contributed by atoms with Crippen LogP contribution in [0.25, 0.3) is 0 Å². The van der Waals surface area contributed by atoms with Crippen molar-refractivity contribution in [3.8, 4) is 0 Å². The standard InChI is InChI=1S/C16H20N6O/c1-17-16(22-12-14-6-2-3-8-19-14)21-10-9-20-15(23)13-5-4-7-18-11-13/h2-8,11H,9-10,12H2,1H3,(H,20,23)(H2,17,21,22). The van der Waals surface area contributed by atoms with Crippen LogP contribution in [0, 0.1) is 0 Å². The molecule has 0 unspecified atom stereocenters. The molecule has 0 saturated heterocycles. The number of nitrogens with one attached hydrogen (secondary N) is 3. The third-order valence-corrected chi connectivity index (χ3v) is 3.01. The molecule has 0 aliphatic carbocycles. The van der Waals surface area contributed by atoms with Gasteiger partial charge in [-0.2, -0.15) is 0 Å². The number of hydrogen-bond acceptors (Lipinski definition) is 4. The van der Waals surface area contributed by atoms with E-state index in [-0.39, 0.29) is 5.91 Å². The van der Waals surface area contributed by atoms with Gasteiger partial charge in [0.05, 0.1) is 17.8 Å². The van der Waals surface area contributed by atoms with Gasteiger partial charge in [-0.3, -0.25) is 19.8 Å². The zero-order valence-corrected chi connectivity index (χ0v) is 13.0. The second-order valence-corrected chi connectivity index (χ2v) is 4.67. The summed E-state index contributed by atoms with van der Waals surface area (Å²) in [7, 11) is 1.70. The molecule has 0 aliphatic heterocycles. The van der Waals surface area contributed by atoms with Crippen LogP contribution in [-0.4, -0.2) is 42.0 Å². The van der Waals surface area contributed by atoms with Gasteiger partial charge >= 0.3 is 0 Å². The summed E-state index contributed by atoms with van der Waals surface area (Å²) in [6.07, 6.45) is 4.92. The molecule has 23 heavy (non-hydrogen) atoms. The van der Waals surface area contributed by atoms with E-state index in [4.69, 9.17) is 0 Å². The average Bonchev–Trinajstić information content (AvgIpc) is 2.62. The van der Waals surface area contributed by atoms with Crippen LogP contribution in [-0.2, 0) is 6.54 Å². The molecule has 3 N–H and O–H groups in total. The number of carbonyl (C=O) groups is 1. The summed E-state index contributed by atoms with van der Waals surface area (Å²) in [6.45, 7) is 1.63. The number of rotatable bonds is 6. The van der Waals surface area contributed by atoms with Crippen molar-refractivity contribution in [1.82, 2.24) is 25.9 Å². The van der Waals surface area contributed by atoms with Crippen LogP contribution in [0.15, 0.2) is 53.9 Å². The first kappa shape index (κ1) is 16.4. The molecule has 7 nitrogen and oxygen atoms in total. The van der Waals surface area contributed by atoms with Crippen molar-refractivity contribution in [2.45, 2.75) is 6.54 Å². The SMILES string of the molecule is CN=C(NCCNC(=O)c1cccnc1)NCc1ccccn1. The Morgan fingerprint density at radius 1 is 1.09 bits per heavy atom. The van der Waals surface area contributed by atoms with E-state index < -0.39 is 0 Å². The molecule has 2 rings (SSSR count). The molecule has 0 atom stereocenters. The van der Waals surface area contributed by atoms with Crippen molar-refractivity contribution < 1.29 is 4.79 Å². The zero-order chi connectivity index (χ0) is 16.3. The number of amides is 1. The molecule has 0 fully saturated rings. The van der Waals surface area contributed by atoms with Gasteiger partial charge < -0.3 is 16.0 Å². The Balaban J connectivity index is 1.67. The number of pyridine rings is 2. The predicted octanol–water partition coefficient (Wildman–Crippen LogP) is 0.572. The Morgan fingerprint density at radius 3 is 2.65 bits per heavy atom. The van der Waals surface area contributed by atoms with E-state index in [1.165, 1.54) is 6.20 Å². The van der Waals surface area contributed by atoms with Gasteiger partial charge in [0.15, 0.2) is 5.96 Å². The topological polar surface area (TPSA) is 91.3 Å². The molecule has 0 aliphatic rings. The quantitative estimate of drug-likeness (QED) is 0.412. The van der Waals surface area contributed by atoms with Gasteiger partial charge in [0.25, 0.3) is 5.91 Å². The fourth-order valence-corrected chi connectivity index (χ4v) is 1.85. The summed E-state index contributed by atoms with van der Waals surface area (Å²) in [5.41, 5.74) is 1.48. The van der Waals surface area contributed by atoms with E-state index in [1.54, 1.807) is 31.6 Å². The minimum Gasteiger partial charge on any atom is -0.355 e. The van der Waals surface area contributed by atoms with Crippen molar-refractivity contribution in [3.05, 3.63) is 60.2 Å². The maximum absolute atomic E-state index is 11.8. The highest BCUT2D eigenvalue weighted by Crippen LogP contribution is 1.94. The first-order chi connectivity index (χ1) is 11.3. The maximum atomic E-state index is 11.8. The molecule has 1 amide bonds. The van der Waals surface area contributed by atoms with Crippen LogP contribution in [0.1, 0.15) is 16.1 Å². The predicted molar refractivity (Wildman–Crippen MR) is 89.0 cm³/mol. The molecule has 2 aromatic rings. The lowest BCUT2D eigenvalue weighted by Crippen LogP contribution is -2.41. The monoisotopic (exact) mass is 312 g/mol. The van der Waals surface area contributed by atoms with Crippen LogP contribution >= 0.6 is 0 Å². The molecule has 120 valence electrons. The van der Waals surface area contributed by atoms with Crippen LogP contribution < -0.4 is 16.0 Å². The van der Waals surface area contributed by atoms with E-state index in [0.29, 0.717) is 31.2 Å². The van der Waals surface area contributed by atoms with E-state index in [9.17, 15) is 4.79 Å². The van der Waals surface area contributed by atoms with Crippen molar-refractivity contribution in [1.29, 1.82) is 0 Å². The van der Waals surface area contributed by atoms with Crippen LogP contribution in [0.2, 0.25) is 0 Å². The Hall–Kier alpha value is -2.96. The summed E-state index contributed by atoms with van der Waals surface area (Å²) >= 11 is 0. The minimum atomic E-state index is -0.142. The van der Waals surface area contributed by atoms with E-state index >= 15 is 0 Å². The highest BCUT2D eigenvalue weighted by atomic mass is 16.1. The molecule has 2 heterocycles. The van der Waals surface area contributed by atoms with Crippen LogP contribution in [0.5, 0.6) is 0 Å². The molecule has 0 spiro atoms. The van der Waals surface area contributed by atoms with Crippen molar-refractivity contribution in [3.63, 3.8) is 0 Å². The first-order valence-corrected chi connectivity index (χ1v) is 7.32. The molecular weight excluding hydrogens is 292 g/mol. The lowest BCUT2D eigenvalue weighted by atomic mass is 10.3. The van der Waals surface area contributed by atoms with Gasteiger partial charge in [-0.05, 0) is 24.3 Å². The fourth-order valence-electron chi connectivity index (χ4n) is 1.85. The third kappa shape index (κ3) is 5.74. The minimum absolute atomic E-state index is 0.142. The highest BCUT2D eigenvalue weighted by Gasteiger charge is 2.04. The maximum Gasteiger partial charge on any atom is 0.252 e. The van der Waals surface area contributed by atoms with Gasteiger partial charge in [0, 0.05) is 38.7 Å². The Kier molecular flexibility index (Phi) is 6.52. The Bertz CT molecular complexity index is 630. The molecular formula is C16H20N6O. The lowest BCUT2D eigenvalue weighted by molar-refractivity contribution is 0.0954. The second kappa shape index (κ2) is 9.14. The lowest BCUT2D eigenvalue weighted by Gasteiger charge is -2.12. The smallest absolute Gasteiger partial charge is 0.252 e. The fraction of sp³-hybridized carbons (Fsp3) is 0.250. The molecule has 0 radical (unpaired) electrons. The number of nitrogens with zero attached hydrogens (tertiary/aromatic N) is 3. The number of hydrogen-bond donors (Lipinski definition) is 3. The molecule has 2 aromatic heterocycles. The second-order valence-electron chi connectivity index (χ2n) is 4.67. The largest absolute Gasteiger partial charge is 0.355 e. The van der Waals surface area contributed by atoms with Crippen molar-refractivity contribution >= 4 is 11.9 Å². The van der Waals surface area contributed by atoms with Gasteiger partial charge in [0.1, 0.15) is 0 Å². The summed E-state index contributed by atoms with van der Waals surface area (Å²) in [4.78, 5) is 24.1. The van der Waals surface area contributed by atoms with E-state index in [0.717, 1.165) is 5.69 Å². The van der Waals surface area contributed by atoms with E-state index in [2.05, 4.69) is 30.9 Å². The third-order valence-electron chi connectivity index (χ3n) is 3.01. The highest BCUT2D eigenvalue weighted by molar-refractivity contribution is 5.93. The number of guanidine groups is 1. The van der Waals surface area contributed by atoms with Crippen molar-refractivity contribution in [2.24, 2.45) is 4.99 Å². The van der Waals surface area contributed by atoms with Gasteiger partial charge in [0.2, 0.25) is 0 Å². The number of aromatic nitrogens is 2. The van der Waals surface area contributed by atoms with Crippen LogP contribution in [0.3, 0.4) is 0 Å². The molecule has 0 saturated carbocycles. The summed E-state index contributed by atoms with van der Waals surface area (Å²) in [5.74, 6) is 0.516. The summed E-state index contributed by atoms with van der Waals surface area (Å²) < 4.78 is 0. The van der Waals surface area contributed by atoms with Crippen LogP contribution in [0.4, 0.5) is 0 Å². The number of carbonyl (C=O) groups excluding carboxylic acids is 1. The van der Waals surface area contributed by atoms with Gasteiger partial charge in [-0.1, -0.05) is 6.07 Å². The molecule has 7 heteroatoms. The number of aliphatic imine (C=N–C) groups is 1. The Labute approximate surface area is 135 Å². The Morgan fingerprint density at radius 2 is 1.96 bits per heavy atom. The molecule has 0 aromatic carbocycles. The normalized spacial score (nSPS) is 10.9. The molecule has 0 bridgehead atoms. The van der Waals surface area contributed by atoms with Gasteiger partial charge in [-0.25, -0.2) is 0 Å². The summed E-state index contributed by atoms with van der Waals surface area (Å²) in [5, 5.41) is 9.10.